The average Bonchev–Trinajstić information content (AvgIpc) is 3.08. The number of hydrogen-bond donors (Lipinski definition) is 0. The van der Waals surface area contributed by atoms with Crippen molar-refractivity contribution in [3.63, 3.8) is 0 Å². The molecular weight excluding hydrogens is 430 g/mol. The predicted octanol–water partition coefficient (Wildman–Crippen LogP) is 6.17. The Morgan fingerprint density at radius 3 is 2.53 bits per heavy atom. The Balaban J connectivity index is 1.58. The number of thioether (sulfide) groups is 1. The Kier molecular flexibility index (Phi) is 6.66. The van der Waals surface area contributed by atoms with Gasteiger partial charge in [0.15, 0.2) is 5.17 Å². The molecule has 1 amide bonds. The zero-order chi connectivity index (χ0) is 22.5. The molecular formula is C25H20F2N2O2S. The van der Waals surface area contributed by atoms with Crippen LogP contribution in [0, 0.1) is 11.6 Å². The van der Waals surface area contributed by atoms with Crippen molar-refractivity contribution in [1.82, 2.24) is 4.90 Å². The SMILES string of the molecule is CCN1C(=O)/C(=C\c2ccccc2OCc2cccc(F)c2)SC1=Nc1ccc(F)cc1. The van der Waals surface area contributed by atoms with Crippen LogP contribution in [0.25, 0.3) is 6.08 Å². The van der Waals surface area contributed by atoms with Crippen LogP contribution in [0.5, 0.6) is 5.75 Å². The molecule has 0 saturated carbocycles. The molecule has 0 radical (unpaired) electrons. The second-order valence-electron chi connectivity index (χ2n) is 6.99. The van der Waals surface area contributed by atoms with Crippen molar-refractivity contribution in [2.24, 2.45) is 4.99 Å². The highest BCUT2D eigenvalue weighted by Gasteiger charge is 2.32. The van der Waals surface area contributed by atoms with Crippen LogP contribution >= 0.6 is 11.8 Å². The molecule has 4 nitrogen and oxygen atoms in total. The molecule has 3 aromatic rings. The lowest BCUT2D eigenvalue weighted by atomic mass is 10.1. The minimum atomic E-state index is -0.341. The molecule has 32 heavy (non-hydrogen) atoms. The molecule has 0 aromatic heterocycles. The number of hydrogen-bond acceptors (Lipinski definition) is 4. The summed E-state index contributed by atoms with van der Waals surface area (Å²) in [6, 6.07) is 19.4. The van der Waals surface area contributed by atoms with E-state index in [1.54, 1.807) is 41.3 Å². The van der Waals surface area contributed by atoms with Gasteiger partial charge in [0.05, 0.1) is 10.6 Å². The Morgan fingerprint density at radius 2 is 1.78 bits per heavy atom. The van der Waals surface area contributed by atoms with Crippen molar-refractivity contribution in [3.8, 4) is 5.75 Å². The lowest BCUT2D eigenvalue weighted by Crippen LogP contribution is -2.28. The number of rotatable bonds is 6. The predicted molar refractivity (Wildman–Crippen MR) is 124 cm³/mol. The highest BCUT2D eigenvalue weighted by molar-refractivity contribution is 8.18. The van der Waals surface area contributed by atoms with Crippen LogP contribution < -0.4 is 4.74 Å². The average molecular weight is 451 g/mol. The Hall–Kier alpha value is -3.45. The fraction of sp³-hybridized carbons (Fsp3) is 0.120. The number of halogens is 2. The second-order valence-corrected chi connectivity index (χ2v) is 8.00. The number of carbonyl (C=O) groups excluding carboxylic acids is 1. The number of carbonyl (C=O) groups is 1. The third kappa shape index (κ3) is 5.06. The molecule has 0 aliphatic carbocycles. The van der Waals surface area contributed by atoms with Crippen molar-refractivity contribution < 1.29 is 18.3 Å². The molecule has 0 N–H and O–H groups in total. The highest BCUT2D eigenvalue weighted by atomic mass is 32.2. The summed E-state index contributed by atoms with van der Waals surface area (Å²) in [6.45, 7) is 2.54. The normalized spacial score (nSPS) is 16.2. The van der Waals surface area contributed by atoms with Gasteiger partial charge in [-0.05, 0) is 72.8 Å². The Labute approximate surface area is 189 Å². The number of ether oxygens (including phenoxy) is 1. The standard InChI is InChI=1S/C25H20F2N2O2S/c1-2-29-24(30)23(32-25(29)28-21-12-10-19(26)11-13-21)15-18-7-3-4-9-22(18)31-16-17-6-5-8-20(27)14-17/h3-15H,2,16H2,1H3/b23-15+,28-25?. The fourth-order valence-corrected chi connectivity index (χ4v) is 4.21. The number of nitrogens with zero attached hydrogens (tertiary/aromatic N) is 2. The van der Waals surface area contributed by atoms with Crippen LogP contribution in [0.15, 0.2) is 82.7 Å². The van der Waals surface area contributed by atoms with Gasteiger partial charge in [-0.2, -0.15) is 0 Å². The molecule has 7 heteroatoms. The van der Waals surface area contributed by atoms with Crippen molar-refractivity contribution in [3.05, 3.63) is 100 Å². The zero-order valence-corrected chi connectivity index (χ0v) is 18.1. The summed E-state index contributed by atoms with van der Waals surface area (Å²) in [6.07, 6.45) is 1.77. The molecule has 1 heterocycles. The molecule has 1 aliphatic heterocycles. The minimum absolute atomic E-state index is 0.154. The van der Waals surface area contributed by atoms with Gasteiger partial charge < -0.3 is 4.74 Å². The van der Waals surface area contributed by atoms with E-state index in [1.165, 1.54) is 36.0 Å². The summed E-state index contributed by atoms with van der Waals surface area (Å²) in [7, 11) is 0. The van der Waals surface area contributed by atoms with Gasteiger partial charge >= 0.3 is 0 Å². The number of likely N-dealkylation sites (N-methyl/N-ethyl adjacent to an activating group) is 1. The van der Waals surface area contributed by atoms with Gasteiger partial charge in [0.25, 0.3) is 5.91 Å². The lowest BCUT2D eigenvalue weighted by Gasteiger charge is -2.12. The summed E-state index contributed by atoms with van der Waals surface area (Å²) in [5, 5.41) is 0.536. The van der Waals surface area contributed by atoms with E-state index in [1.807, 2.05) is 25.1 Å². The summed E-state index contributed by atoms with van der Waals surface area (Å²) >= 11 is 1.26. The molecule has 3 aromatic carbocycles. The van der Waals surface area contributed by atoms with E-state index < -0.39 is 0 Å². The topological polar surface area (TPSA) is 41.9 Å². The van der Waals surface area contributed by atoms with E-state index in [0.717, 1.165) is 5.56 Å². The number of para-hydroxylation sites is 1. The third-order valence-corrected chi connectivity index (χ3v) is 5.75. The van der Waals surface area contributed by atoms with Crippen LogP contribution in [-0.2, 0) is 11.4 Å². The zero-order valence-electron chi connectivity index (χ0n) is 17.3. The lowest BCUT2D eigenvalue weighted by molar-refractivity contribution is -0.122. The molecule has 1 aliphatic rings. The first-order valence-corrected chi connectivity index (χ1v) is 10.9. The first-order valence-electron chi connectivity index (χ1n) is 10.1. The largest absolute Gasteiger partial charge is 0.488 e. The second kappa shape index (κ2) is 9.78. The molecule has 4 rings (SSSR count). The molecule has 0 spiro atoms. The summed E-state index contributed by atoms with van der Waals surface area (Å²) in [4.78, 5) is 19.5. The maximum Gasteiger partial charge on any atom is 0.266 e. The van der Waals surface area contributed by atoms with Gasteiger partial charge in [-0.3, -0.25) is 9.69 Å². The Morgan fingerprint density at radius 1 is 1.00 bits per heavy atom. The first kappa shape index (κ1) is 21.8. The monoisotopic (exact) mass is 450 g/mol. The van der Waals surface area contributed by atoms with Gasteiger partial charge in [0.1, 0.15) is 24.0 Å². The van der Waals surface area contributed by atoms with E-state index in [0.29, 0.717) is 33.6 Å². The summed E-state index contributed by atoms with van der Waals surface area (Å²) in [5.41, 5.74) is 2.02. The van der Waals surface area contributed by atoms with E-state index >= 15 is 0 Å². The van der Waals surface area contributed by atoms with Crippen molar-refractivity contribution in [2.45, 2.75) is 13.5 Å². The highest BCUT2D eigenvalue weighted by Crippen LogP contribution is 2.35. The van der Waals surface area contributed by atoms with Gasteiger partial charge in [0, 0.05) is 12.1 Å². The van der Waals surface area contributed by atoms with Crippen LogP contribution in [0.1, 0.15) is 18.1 Å². The van der Waals surface area contributed by atoms with Crippen molar-refractivity contribution in [2.75, 3.05) is 6.54 Å². The number of benzene rings is 3. The van der Waals surface area contributed by atoms with Gasteiger partial charge in [0.2, 0.25) is 0 Å². The quantitative estimate of drug-likeness (QED) is 0.422. The first-order chi connectivity index (χ1) is 15.5. The van der Waals surface area contributed by atoms with Gasteiger partial charge in [-0.1, -0.05) is 30.3 Å². The fourth-order valence-electron chi connectivity index (χ4n) is 3.16. The van der Waals surface area contributed by atoms with Crippen LogP contribution in [0.3, 0.4) is 0 Å². The van der Waals surface area contributed by atoms with E-state index in [2.05, 4.69) is 4.99 Å². The smallest absolute Gasteiger partial charge is 0.266 e. The number of aliphatic imine (C=N–C) groups is 1. The maximum atomic E-state index is 13.4. The number of amidine groups is 1. The number of amides is 1. The van der Waals surface area contributed by atoms with Crippen LogP contribution in [0.4, 0.5) is 14.5 Å². The minimum Gasteiger partial charge on any atom is -0.488 e. The van der Waals surface area contributed by atoms with E-state index in [4.69, 9.17) is 4.74 Å². The van der Waals surface area contributed by atoms with Crippen LogP contribution in [0.2, 0.25) is 0 Å². The van der Waals surface area contributed by atoms with Gasteiger partial charge in [-0.15, -0.1) is 0 Å². The molecule has 0 unspecified atom stereocenters. The van der Waals surface area contributed by atoms with Crippen molar-refractivity contribution >= 4 is 34.6 Å². The van der Waals surface area contributed by atoms with E-state index in [-0.39, 0.29) is 24.1 Å². The molecule has 0 bridgehead atoms. The van der Waals surface area contributed by atoms with Crippen LogP contribution in [-0.4, -0.2) is 22.5 Å². The summed E-state index contributed by atoms with van der Waals surface area (Å²) in [5.74, 6) is -0.225. The summed E-state index contributed by atoms with van der Waals surface area (Å²) < 4.78 is 32.5. The van der Waals surface area contributed by atoms with E-state index in [9.17, 15) is 13.6 Å². The molecule has 1 saturated heterocycles. The molecule has 1 fully saturated rings. The van der Waals surface area contributed by atoms with Crippen molar-refractivity contribution in [1.29, 1.82) is 0 Å². The van der Waals surface area contributed by atoms with Gasteiger partial charge in [-0.25, -0.2) is 13.8 Å². The molecule has 0 atom stereocenters. The maximum absolute atomic E-state index is 13.4. The molecule has 162 valence electrons. The third-order valence-electron chi connectivity index (χ3n) is 4.74. The Bertz CT molecular complexity index is 1190.